The van der Waals surface area contributed by atoms with Crippen molar-refractivity contribution in [2.24, 2.45) is 5.92 Å². The van der Waals surface area contributed by atoms with Gasteiger partial charge in [0.05, 0.1) is 0 Å². The van der Waals surface area contributed by atoms with Crippen LogP contribution in [0.5, 0.6) is 0 Å². The zero-order valence-electron chi connectivity index (χ0n) is 14.0. The van der Waals surface area contributed by atoms with E-state index in [4.69, 9.17) is 0 Å². The normalized spacial score (nSPS) is 22.5. The number of hydrogen-bond donors (Lipinski definition) is 0. The fourth-order valence-corrected chi connectivity index (χ4v) is 4.14. The minimum atomic E-state index is -0.131. The van der Waals surface area contributed by atoms with E-state index in [0.29, 0.717) is 24.2 Å². The zero-order chi connectivity index (χ0) is 16.2. The highest BCUT2D eigenvalue weighted by Gasteiger charge is 2.36. The van der Waals surface area contributed by atoms with Crippen LogP contribution in [0.15, 0.2) is 16.9 Å². The summed E-state index contributed by atoms with van der Waals surface area (Å²) in [6, 6.07) is 3.44. The van der Waals surface area contributed by atoms with Gasteiger partial charge in [0.2, 0.25) is 0 Å². The quantitative estimate of drug-likeness (QED) is 0.858. The topological polar surface area (TPSA) is 55.2 Å². The van der Waals surface area contributed by atoms with Gasteiger partial charge in [-0.1, -0.05) is 26.2 Å². The van der Waals surface area contributed by atoms with Crippen LogP contribution in [0.1, 0.15) is 68.8 Å². The average Bonchev–Trinajstić information content (AvgIpc) is 3.07. The molecule has 1 aromatic rings. The minimum Gasteiger partial charge on any atom is -0.334 e. The summed E-state index contributed by atoms with van der Waals surface area (Å²) in [6.07, 6.45) is 9.45. The summed E-state index contributed by atoms with van der Waals surface area (Å²) in [7, 11) is 0. The lowest BCUT2D eigenvalue weighted by Crippen LogP contribution is -2.41. The highest BCUT2D eigenvalue weighted by atomic mass is 16.2. The van der Waals surface area contributed by atoms with Gasteiger partial charge in [-0.15, -0.1) is 0 Å². The van der Waals surface area contributed by atoms with Crippen LogP contribution in [0, 0.1) is 5.92 Å². The minimum absolute atomic E-state index is 0.00271. The fraction of sp³-hybridized carbons (Fsp3) is 0.722. The van der Waals surface area contributed by atoms with Crippen molar-refractivity contribution < 1.29 is 4.79 Å². The van der Waals surface area contributed by atoms with Gasteiger partial charge in [0, 0.05) is 25.2 Å². The molecule has 1 aliphatic carbocycles. The second kappa shape index (κ2) is 7.28. The van der Waals surface area contributed by atoms with E-state index >= 15 is 0 Å². The fourth-order valence-electron chi connectivity index (χ4n) is 4.14. The van der Waals surface area contributed by atoms with Crippen LogP contribution in [-0.2, 0) is 6.54 Å². The molecule has 5 nitrogen and oxygen atoms in total. The summed E-state index contributed by atoms with van der Waals surface area (Å²) in [5.41, 5.74) is 0.286. The first-order chi connectivity index (χ1) is 11.2. The molecule has 0 bridgehead atoms. The number of amides is 1. The van der Waals surface area contributed by atoms with E-state index in [1.807, 2.05) is 11.8 Å². The number of nitrogens with zero attached hydrogens (tertiary/aromatic N) is 3. The predicted octanol–water partition coefficient (Wildman–Crippen LogP) is 2.84. The monoisotopic (exact) mass is 317 g/mol. The van der Waals surface area contributed by atoms with Crippen LogP contribution in [-0.4, -0.2) is 33.2 Å². The largest absolute Gasteiger partial charge is 0.334 e. The lowest BCUT2D eigenvalue weighted by Gasteiger charge is -2.34. The van der Waals surface area contributed by atoms with Crippen LogP contribution in [0.4, 0.5) is 0 Å². The summed E-state index contributed by atoms with van der Waals surface area (Å²) in [5, 5.41) is 4.30. The van der Waals surface area contributed by atoms with Crippen LogP contribution in [0.2, 0.25) is 0 Å². The molecule has 2 aliphatic rings. The molecule has 126 valence electrons. The van der Waals surface area contributed by atoms with Crippen molar-refractivity contribution in [3.05, 3.63) is 28.2 Å². The number of aromatic nitrogens is 2. The smallest absolute Gasteiger partial charge is 0.274 e. The second-order valence-electron chi connectivity index (χ2n) is 6.89. The lowest BCUT2D eigenvalue weighted by atomic mass is 9.83. The molecule has 1 atom stereocenters. The summed E-state index contributed by atoms with van der Waals surface area (Å²) in [5.74, 6) is 0.652. The number of aryl methyl sites for hydroxylation is 1. The van der Waals surface area contributed by atoms with Gasteiger partial charge in [0.25, 0.3) is 11.5 Å². The van der Waals surface area contributed by atoms with Crippen LogP contribution in [0.3, 0.4) is 0 Å². The molecule has 5 heteroatoms. The van der Waals surface area contributed by atoms with Gasteiger partial charge in [-0.3, -0.25) is 9.59 Å². The lowest BCUT2D eigenvalue weighted by molar-refractivity contribution is 0.0652. The first kappa shape index (κ1) is 16.2. The first-order valence-electron chi connectivity index (χ1n) is 9.10. The molecule has 0 unspecified atom stereocenters. The Morgan fingerprint density at radius 1 is 1.17 bits per heavy atom. The standard InChI is InChI=1S/C18H27N3O2/c1-2-12-21-17(22)11-10-15(19-21)18(23)20-13-6-9-16(20)14-7-4-3-5-8-14/h10-11,14,16H,2-9,12-13H2,1H3/t16-/m1/s1. The Morgan fingerprint density at radius 2 is 1.96 bits per heavy atom. The molecule has 1 aromatic heterocycles. The van der Waals surface area contributed by atoms with Crippen molar-refractivity contribution in [1.29, 1.82) is 0 Å². The molecule has 1 amide bonds. The van der Waals surface area contributed by atoms with Gasteiger partial charge >= 0.3 is 0 Å². The van der Waals surface area contributed by atoms with E-state index in [-0.39, 0.29) is 11.5 Å². The molecular formula is C18H27N3O2. The van der Waals surface area contributed by atoms with Crippen LogP contribution >= 0.6 is 0 Å². The molecule has 0 radical (unpaired) electrons. The van der Waals surface area contributed by atoms with Gasteiger partial charge in [0.1, 0.15) is 5.69 Å². The molecular weight excluding hydrogens is 290 g/mol. The van der Waals surface area contributed by atoms with E-state index < -0.39 is 0 Å². The first-order valence-corrected chi connectivity index (χ1v) is 9.10. The van der Waals surface area contributed by atoms with E-state index in [1.165, 1.54) is 42.9 Å². The molecule has 3 rings (SSSR count). The summed E-state index contributed by atoms with van der Waals surface area (Å²) in [6.45, 7) is 3.39. The van der Waals surface area contributed by atoms with Crippen molar-refractivity contribution >= 4 is 5.91 Å². The van der Waals surface area contributed by atoms with Crippen LogP contribution < -0.4 is 5.56 Å². The Bertz CT molecular complexity index is 605. The number of rotatable bonds is 4. The van der Waals surface area contributed by atoms with Crippen molar-refractivity contribution in [3.8, 4) is 0 Å². The van der Waals surface area contributed by atoms with E-state index in [0.717, 1.165) is 25.8 Å². The third kappa shape index (κ3) is 3.48. The summed E-state index contributed by atoms with van der Waals surface area (Å²) < 4.78 is 1.42. The molecule has 1 saturated heterocycles. The zero-order valence-corrected chi connectivity index (χ0v) is 14.0. The molecule has 0 N–H and O–H groups in total. The number of carbonyl (C=O) groups excluding carboxylic acids is 1. The number of carbonyl (C=O) groups is 1. The van der Waals surface area contributed by atoms with Crippen molar-refractivity contribution in [1.82, 2.24) is 14.7 Å². The highest BCUT2D eigenvalue weighted by Crippen LogP contribution is 2.34. The Kier molecular flexibility index (Phi) is 5.13. The third-order valence-corrected chi connectivity index (χ3v) is 5.28. The van der Waals surface area contributed by atoms with Crippen molar-refractivity contribution in [2.45, 2.75) is 70.9 Å². The maximum absolute atomic E-state index is 12.9. The second-order valence-corrected chi connectivity index (χ2v) is 6.89. The van der Waals surface area contributed by atoms with Gasteiger partial charge in [0.15, 0.2) is 0 Å². The Labute approximate surface area is 137 Å². The average molecular weight is 317 g/mol. The van der Waals surface area contributed by atoms with Crippen molar-refractivity contribution in [3.63, 3.8) is 0 Å². The van der Waals surface area contributed by atoms with Gasteiger partial charge in [-0.05, 0) is 44.1 Å². The number of hydrogen-bond acceptors (Lipinski definition) is 3. The molecule has 2 heterocycles. The van der Waals surface area contributed by atoms with Gasteiger partial charge < -0.3 is 4.90 Å². The van der Waals surface area contributed by atoms with Crippen LogP contribution in [0.25, 0.3) is 0 Å². The molecule has 1 aliphatic heterocycles. The van der Waals surface area contributed by atoms with Crippen molar-refractivity contribution in [2.75, 3.05) is 6.54 Å². The van der Waals surface area contributed by atoms with Gasteiger partial charge in [-0.25, -0.2) is 4.68 Å². The molecule has 0 spiro atoms. The summed E-state index contributed by atoms with van der Waals surface area (Å²) >= 11 is 0. The van der Waals surface area contributed by atoms with E-state index in [2.05, 4.69) is 5.10 Å². The predicted molar refractivity (Wildman–Crippen MR) is 89.4 cm³/mol. The molecule has 1 saturated carbocycles. The Morgan fingerprint density at radius 3 is 2.70 bits per heavy atom. The Balaban J connectivity index is 1.78. The molecule has 0 aromatic carbocycles. The van der Waals surface area contributed by atoms with Gasteiger partial charge in [-0.2, -0.15) is 5.10 Å². The third-order valence-electron chi connectivity index (χ3n) is 5.28. The Hall–Kier alpha value is -1.65. The van der Waals surface area contributed by atoms with E-state index in [9.17, 15) is 9.59 Å². The maximum Gasteiger partial charge on any atom is 0.274 e. The summed E-state index contributed by atoms with van der Waals surface area (Å²) in [4.78, 5) is 26.7. The highest BCUT2D eigenvalue weighted by molar-refractivity contribution is 5.92. The maximum atomic E-state index is 12.9. The molecule has 2 fully saturated rings. The molecule has 23 heavy (non-hydrogen) atoms. The SMILES string of the molecule is CCCn1nc(C(=O)N2CCC[C@@H]2C2CCCCC2)ccc1=O. The number of likely N-dealkylation sites (tertiary alicyclic amines) is 1. The van der Waals surface area contributed by atoms with E-state index in [1.54, 1.807) is 6.07 Å².